The zero-order chi connectivity index (χ0) is 21.2. The zero-order valence-electron chi connectivity index (χ0n) is 16.4. The van der Waals surface area contributed by atoms with Crippen LogP contribution >= 0.6 is 0 Å². The van der Waals surface area contributed by atoms with E-state index in [1.807, 2.05) is 54.6 Å². The number of nitrogens with one attached hydrogen (secondary N) is 1. The fourth-order valence-electron chi connectivity index (χ4n) is 3.20. The van der Waals surface area contributed by atoms with Gasteiger partial charge in [-0.15, -0.1) is 0 Å². The van der Waals surface area contributed by atoms with Crippen LogP contribution in [0.3, 0.4) is 0 Å². The van der Waals surface area contributed by atoms with Crippen molar-refractivity contribution in [2.45, 2.75) is 6.10 Å². The minimum atomic E-state index is -0.414. The molecule has 2 heterocycles. The van der Waals surface area contributed by atoms with E-state index in [4.69, 9.17) is 4.74 Å². The lowest BCUT2D eigenvalue weighted by Gasteiger charge is -2.12. The van der Waals surface area contributed by atoms with Gasteiger partial charge >= 0.3 is 0 Å². The van der Waals surface area contributed by atoms with Crippen molar-refractivity contribution in [1.82, 2.24) is 15.0 Å². The molecule has 1 atom stereocenters. The molecule has 0 bridgehead atoms. The molecular weight excluding hydrogens is 392 g/mol. The van der Waals surface area contributed by atoms with E-state index in [9.17, 15) is 9.90 Å². The molecule has 1 aromatic heterocycles. The maximum Gasteiger partial charge on any atom is 0.255 e. The van der Waals surface area contributed by atoms with E-state index in [2.05, 4.69) is 20.3 Å². The Labute approximate surface area is 178 Å². The van der Waals surface area contributed by atoms with Crippen LogP contribution in [-0.2, 0) is 9.53 Å². The van der Waals surface area contributed by atoms with Gasteiger partial charge in [0.2, 0.25) is 0 Å². The van der Waals surface area contributed by atoms with Crippen LogP contribution in [0.25, 0.3) is 34.2 Å². The molecule has 152 valence electrons. The van der Waals surface area contributed by atoms with Crippen molar-refractivity contribution >= 4 is 11.6 Å². The topological polar surface area (TPSA) is 101 Å². The molecule has 1 aliphatic rings. The first kappa shape index (κ1) is 18.9. The number of ether oxygens (including phenoxy) is 1. The molecule has 0 spiro atoms. The van der Waals surface area contributed by atoms with Crippen molar-refractivity contribution in [3.8, 4) is 39.9 Å². The lowest BCUT2D eigenvalue weighted by Crippen LogP contribution is -2.18. The van der Waals surface area contributed by atoms with Crippen LogP contribution in [-0.4, -0.2) is 38.7 Å². The molecule has 0 radical (unpaired) electrons. The number of para-hydroxylation sites is 2. The number of carbonyl (C=O) groups excluding carboxylic acids is 1. The summed E-state index contributed by atoms with van der Waals surface area (Å²) in [6, 6.07) is 23.7. The first-order valence-corrected chi connectivity index (χ1v) is 9.81. The van der Waals surface area contributed by atoms with Gasteiger partial charge in [0.25, 0.3) is 5.91 Å². The van der Waals surface area contributed by atoms with Crippen molar-refractivity contribution in [2.75, 3.05) is 11.9 Å². The maximum atomic E-state index is 12.3. The van der Waals surface area contributed by atoms with Crippen LogP contribution in [0.2, 0.25) is 0 Å². The van der Waals surface area contributed by atoms with Crippen LogP contribution in [0.1, 0.15) is 0 Å². The van der Waals surface area contributed by atoms with E-state index >= 15 is 0 Å². The SMILES string of the molecule is O=C(Nc1ccccc1-c1nc(-c2ccccc2)nc(-c2ccccc2O)n1)C1CO1. The van der Waals surface area contributed by atoms with Gasteiger partial charge in [0, 0.05) is 11.1 Å². The molecule has 5 rings (SSSR count). The van der Waals surface area contributed by atoms with E-state index < -0.39 is 6.10 Å². The molecule has 31 heavy (non-hydrogen) atoms. The second-order valence-electron chi connectivity index (χ2n) is 7.05. The molecule has 1 amide bonds. The standard InChI is InChI=1S/C24H18N4O3/c29-19-13-7-5-11-17(19)23-27-21(15-8-2-1-3-9-15)26-22(28-23)16-10-4-6-12-18(16)25-24(30)20-14-31-20/h1-13,20,29H,14H2,(H,25,30). The Hall–Kier alpha value is -4.10. The van der Waals surface area contributed by atoms with Gasteiger partial charge in [-0.05, 0) is 24.3 Å². The number of aromatic nitrogens is 3. The van der Waals surface area contributed by atoms with Crippen LogP contribution in [0.4, 0.5) is 5.69 Å². The second-order valence-corrected chi connectivity index (χ2v) is 7.05. The van der Waals surface area contributed by atoms with E-state index in [1.165, 1.54) is 0 Å². The van der Waals surface area contributed by atoms with Gasteiger partial charge in [0.1, 0.15) is 5.75 Å². The summed E-state index contributed by atoms with van der Waals surface area (Å²) in [5.41, 5.74) is 2.54. The number of aromatic hydroxyl groups is 1. The number of rotatable bonds is 5. The van der Waals surface area contributed by atoms with Crippen LogP contribution in [0, 0.1) is 0 Å². The Morgan fingerprint density at radius 3 is 2.10 bits per heavy atom. The van der Waals surface area contributed by atoms with Gasteiger partial charge in [-0.3, -0.25) is 4.79 Å². The van der Waals surface area contributed by atoms with E-state index in [-0.39, 0.29) is 11.7 Å². The number of hydrogen-bond donors (Lipinski definition) is 2. The quantitative estimate of drug-likeness (QED) is 0.484. The average molecular weight is 410 g/mol. The summed E-state index contributed by atoms with van der Waals surface area (Å²) in [5, 5.41) is 13.2. The lowest BCUT2D eigenvalue weighted by molar-refractivity contribution is -0.117. The van der Waals surface area contributed by atoms with E-state index in [1.54, 1.807) is 24.3 Å². The van der Waals surface area contributed by atoms with Crippen molar-refractivity contribution in [1.29, 1.82) is 0 Å². The third-order valence-electron chi connectivity index (χ3n) is 4.86. The minimum absolute atomic E-state index is 0.0751. The second kappa shape index (κ2) is 7.97. The lowest BCUT2D eigenvalue weighted by atomic mass is 10.1. The predicted molar refractivity (Wildman–Crippen MR) is 116 cm³/mol. The molecule has 0 aliphatic carbocycles. The molecule has 7 nitrogen and oxygen atoms in total. The van der Waals surface area contributed by atoms with E-state index in [0.29, 0.717) is 40.9 Å². The van der Waals surface area contributed by atoms with Gasteiger partial charge in [-0.25, -0.2) is 15.0 Å². The predicted octanol–water partition coefficient (Wildman–Crippen LogP) is 3.92. The van der Waals surface area contributed by atoms with Crippen LogP contribution in [0.5, 0.6) is 5.75 Å². The largest absolute Gasteiger partial charge is 0.507 e. The molecule has 4 aromatic rings. The molecule has 3 aromatic carbocycles. The van der Waals surface area contributed by atoms with Crippen molar-refractivity contribution in [3.63, 3.8) is 0 Å². The summed E-state index contributed by atoms with van der Waals surface area (Å²) in [7, 11) is 0. The highest BCUT2D eigenvalue weighted by Crippen LogP contribution is 2.32. The zero-order valence-corrected chi connectivity index (χ0v) is 16.4. The normalized spacial score (nSPS) is 14.8. The Balaban J connectivity index is 1.66. The maximum absolute atomic E-state index is 12.3. The summed E-state index contributed by atoms with van der Waals surface area (Å²) >= 11 is 0. The smallest absolute Gasteiger partial charge is 0.255 e. The van der Waals surface area contributed by atoms with Crippen molar-refractivity contribution in [3.05, 3.63) is 78.9 Å². The highest BCUT2D eigenvalue weighted by atomic mass is 16.6. The van der Waals surface area contributed by atoms with Gasteiger partial charge in [0.15, 0.2) is 23.6 Å². The van der Waals surface area contributed by atoms with Crippen molar-refractivity contribution < 1.29 is 14.6 Å². The fraction of sp³-hybridized carbons (Fsp3) is 0.0833. The highest BCUT2D eigenvalue weighted by molar-refractivity contribution is 5.98. The average Bonchev–Trinajstić information content (AvgIpc) is 3.66. The van der Waals surface area contributed by atoms with Crippen LogP contribution < -0.4 is 5.32 Å². The number of anilines is 1. The first-order chi connectivity index (χ1) is 15.2. The Morgan fingerprint density at radius 1 is 0.806 bits per heavy atom. The molecular formula is C24H18N4O3. The van der Waals surface area contributed by atoms with Crippen LogP contribution in [0.15, 0.2) is 78.9 Å². The van der Waals surface area contributed by atoms with Crippen molar-refractivity contribution in [2.24, 2.45) is 0 Å². The van der Waals surface area contributed by atoms with Gasteiger partial charge < -0.3 is 15.2 Å². The molecule has 7 heteroatoms. The minimum Gasteiger partial charge on any atom is -0.507 e. The summed E-state index contributed by atoms with van der Waals surface area (Å²) in [6.07, 6.45) is -0.414. The summed E-state index contributed by atoms with van der Waals surface area (Å²) < 4.78 is 5.07. The highest BCUT2D eigenvalue weighted by Gasteiger charge is 2.31. The number of epoxide rings is 1. The Morgan fingerprint density at radius 2 is 1.39 bits per heavy atom. The summed E-state index contributed by atoms with van der Waals surface area (Å²) in [6.45, 7) is 0.426. The Bertz CT molecular complexity index is 1260. The Kier molecular flexibility index (Phi) is 4.86. The molecule has 1 saturated heterocycles. The number of amides is 1. The molecule has 2 N–H and O–H groups in total. The number of benzene rings is 3. The number of carbonyl (C=O) groups is 1. The summed E-state index contributed by atoms with van der Waals surface area (Å²) in [5.74, 6) is 1.07. The number of phenols is 1. The molecule has 1 fully saturated rings. The monoisotopic (exact) mass is 410 g/mol. The molecule has 0 saturated carbocycles. The number of nitrogens with zero attached hydrogens (tertiary/aromatic N) is 3. The van der Waals surface area contributed by atoms with E-state index in [0.717, 1.165) is 5.56 Å². The molecule has 1 aliphatic heterocycles. The molecule has 1 unspecified atom stereocenters. The third kappa shape index (κ3) is 3.99. The first-order valence-electron chi connectivity index (χ1n) is 9.81. The van der Waals surface area contributed by atoms with Gasteiger partial charge in [0.05, 0.1) is 17.9 Å². The van der Waals surface area contributed by atoms with Gasteiger partial charge in [-0.1, -0.05) is 54.6 Å². The van der Waals surface area contributed by atoms with Gasteiger partial charge in [-0.2, -0.15) is 0 Å². The third-order valence-corrected chi connectivity index (χ3v) is 4.86. The summed E-state index contributed by atoms with van der Waals surface area (Å²) in [4.78, 5) is 26.2. The number of hydrogen-bond acceptors (Lipinski definition) is 6. The number of phenolic OH excluding ortho intramolecular Hbond substituents is 1. The fourth-order valence-corrected chi connectivity index (χ4v) is 3.20.